The zero-order valence-electron chi connectivity index (χ0n) is 11.8. The molecular weight excluding hydrogens is 272 g/mol. The van der Waals surface area contributed by atoms with Gasteiger partial charge in [-0.2, -0.15) is 0 Å². The lowest BCUT2D eigenvalue weighted by Crippen LogP contribution is -2.03. The van der Waals surface area contributed by atoms with E-state index in [0.29, 0.717) is 5.56 Å². The van der Waals surface area contributed by atoms with Crippen LogP contribution in [-0.2, 0) is 9.84 Å². The lowest BCUT2D eigenvalue weighted by molar-refractivity contribution is 0.219. The molecule has 0 radical (unpaired) electrons. The first-order chi connectivity index (χ1) is 9.29. The van der Waals surface area contributed by atoms with Crippen molar-refractivity contribution in [1.29, 1.82) is 0 Å². The summed E-state index contributed by atoms with van der Waals surface area (Å²) in [6.07, 6.45) is 0.423. The van der Waals surface area contributed by atoms with Crippen LogP contribution in [0.5, 0.6) is 0 Å². The molecule has 1 N–H and O–H groups in total. The Labute approximate surface area is 119 Å². The molecule has 0 amide bonds. The van der Waals surface area contributed by atoms with Crippen LogP contribution in [0.15, 0.2) is 47.4 Å². The normalized spacial score (nSPS) is 13.2. The van der Waals surface area contributed by atoms with E-state index in [2.05, 4.69) is 0 Å². The van der Waals surface area contributed by atoms with Gasteiger partial charge in [0.2, 0.25) is 0 Å². The fourth-order valence-electron chi connectivity index (χ4n) is 2.21. The molecule has 0 saturated heterocycles. The van der Waals surface area contributed by atoms with Crippen LogP contribution in [0.1, 0.15) is 28.4 Å². The highest BCUT2D eigenvalue weighted by molar-refractivity contribution is 7.90. The fraction of sp³-hybridized carbons (Fsp3) is 0.250. The minimum Gasteiger partial charge on any atom is -0.384 e. The summed E-state index contributed by atoms with van der Waals surface area (Å²) in [7, 11) is -3.21. The quantitative estimate of drug-likeness (QED) is 0.945. The molecule has 0 aliphatic carbocycles. The van der Waals surface area contributed by atoms with Gasteiger partial charge < -0.3 is 5.11 Å². The Balaban J connectivity index is 2.36. The molecule has 20 heavy (non-hydrogen) atoms. The maximum Gasteiger partial charge on any atom is 0.175 e. The number of aliphatic hydroxyl groups is 1. The molecule has 0 bridgehead atoms. The molecule has 2 rings (SSSR count). The molecule has 106 valence electrons. The van der Waals surface area contributed by atoms with Gasteiger partial charge in [0.25, 0.3) is 0 Å². The summed E-state index contributed by atoms with van der Waals surface area (Å²) >= 11 is 0. The third kappa shape index (κ3) is 3.08. The van der Waals surface area contributed by atoms with E-state index in [0.717, 1.165) is 16.7 Å². The lowest BCUT2D eigenvalue weighted by atomic mass is 9.96. The minimum atomic E-state index is -3.21. The zero-order chi connectivity index (χ0) is 14.9. The summed E-state index contributed by atoms with van der Waals surface area (Å²) in [5.41, 5.74) is 3.68. The van der Waals surface area contributed by atoms with E-state index in [1.54, 1.807) is 12.1 Å². The highest BCUT2D eigenvalue weighted by Gasteiger charge is 2.14. The van der Waals surface area contributed by atoms with Gasteiger partial charge in [0.05, 0.1) is 4.90 Å². The van der Waals surface area contributed by atoms with Gasteiger partial charge in [0.15, 0.2) is 9.84 Å². The number of hydrogen-bond acceptors (Lipinski definition) is 3. The largest absolute Gasteiger partial charge is 0.384 e. The van der Waals surface area contributed by atoms with Crippen molar-refractivity contribution in [1.82, 2.24) is 0 Å². The average Bonchev–Trinajstić information content (AvgIpc) is 2.37. The summed E-state index contributed by atoms with van der Waals surface area (Å²) in [6.45, 7) is 3.96. The van der Waals surface area contributed by atoms with Gasteiger partial charge in [-0.3, -0.25) is 0 Å². The molecular formula is C16H18O3S. The number of hydrogen-bond donors (Lipinski definition) is 1. The van der Waals surface area contributed by atoms with E-state index in [1.807, 2.05) is 32.0 Å². The predicted molar refractivity (Wildman–Crippen MR) is 79.5 cm³/mol. The molecule has 0 heterocycles. The first-order valence-corrected chi connectivity index (χ1v) is 8.23. The van der Waals surface area contributed by atoms with E-state index in [1.165, 1.54) is 18.4 Å². The first-order valence-electron chi connectivity index (χ1n) is 6.34. The number of aryl methyl sites for hydroxylation is 2. The van der Waals surface area contributed by atoms with Gasteiger partial charge in [0.1, 0.15) is 6.10 Å². The van der Waals surface area contributed by atoms with Gasteiger partial charge in [-0.05, 0) is 42.7 Å². The number of rotatable bonds is 3. The molecule has 2 aromatic carbocycles. The summed E-state index contributed by atoms with van der Waals surface area (Å²) in [5.74, 6) is 0. The molecule has 0 aliphatic rings. The summed E-state index contributed by atoms with van der Waals surface area (Å²) in [4.78, 5) is 0.258. The topological polar surface area (TPSA) is 54.4 Å². The van der Waals surface area contributed by atoms with Crippen LogP contribution in [0.4, 0.5) is 0 Å². The van der Waals surface area contributed by atoms with Crippen LogP contribution >= 0.6 is 0 Å². The Hall–Kier alpha value is -1.65. The third-order valence-corrected chi connectivity index (χ3v) is 4.47. The predicted octanol–water partition coefficient (Wildman–Crippen LogP) is 2.79. The zero-order valence-corrected chi connectivity index (χ0v) is 12.6. The van der Waals surface area contributed by atoms with Gasteiger partial charge in [-0.25, -0.2) is 8.42 Å². The third-order valence-electron chi connectivity index (χ3n) is 3.34. The second-order valence-electron chi connectivity index (χ2n) is 5.10. The number of aliphatic hydroxyl groups excluding tert-OH is 1. The molecule has 0 aliphatic heterocycles. The van der Waals surface area contributed by atoms with Crippen LogP contribution in [-0.4, -0.2) is 19.8 Å². The van der Waals surface area contributed by atoms with Crippen LogP contribution in [0, 0.1) is 13.8 Å². The first kappa shape index (κ1) is 14.8. The molecule has 2 aromatic rings. The molecule has 3 nitrogen and oxygen atoms in total. The number of benzene rings is 2. The van der Waals surface area contributed by atoms with E-state index in [-0.39, 0.29) is 4.90 Å². The van der Waals surface area contributed by atoms with E-state index in [4.69, 9.17) is 0 Å². The Kier molecular flexibility index (Phi) is 3.97. The maximum absolute atomic E-state index is 11.4. The molecule has 0 fully saturated rings. The van der Waals surface area contributed by atoms with Crippen molar-refractivity contribution < 1.29 is 13.5 Å². The van der Waals surface area contributed by atoms with Gasteiger partial charge >= 0.3 is 0 Å². The molecule has 1 atom stereocenters. The Morgan fingerprint density at radius 2 is 1.60 bits per heavy atom. The molecule has 0 spiro atoms. The van der Waals surface area contributed by atoms with Crippen molar-refractivity contribution in [2.75, 3.05) is 6.26 Å². The Morgan fingerprint density at radius 1 is 1.00 bits per heavy atom. The SMILES string of the molecule is Cc1ccc(C(O)c2ccc(S(C)(=O)=O)cc2)c(C)c1. The summed E-state index contributed by atoms with van der Waals surface area (Å²) in [5, 5.41) is 10.4. The molecule has 0 aromatic heterocycles. The van der Waals surface area contributed by atoms with E-state index >= 15 is 0 Å². The monoisotopic (exact) mass is 290 g/mol. The van der Waals surface area contributed by atoms with Crippen LogP contribution in [0.25, 0.3) is 0 Å². The Bertz CT molecular complexity index is 716. The van der Waals surface area contributed by atoms with Crippen LogP contribution in [0.3, 0.4) is 0 Å². The van der Waals surface area contributed by atoms with Gasteiger partial charge in [-0.1, -0.05) is 35.9 Å². The highest BCUT2D eigenvalue weighted by atomic mass is 32.2. The van der Waals surface area contributed by atoms with E-state index in [9.17, 15) is 13.5 Å². The Morgan fingerprint density at radius 3 is 2.10 bits per heavy atom. The van der Waals surface area contributed by atoms with Gasteiger partial charge in [-0.15, -0.1) is 0 Å². The second kappa shape index (κ2) is 5.38. The van der Waals surface area contributed by atoms with Crippen molar-refractivity contribution in [3.05, 3.63) is 64.7 Å². The summed E-state index contributed by atoms with van der Waals surface area (Å²) in [6, 6.07) is 12.2. The van der Waals surface area contributed by atoms with E-state index < -0.39 is 15.9 Å². The summed E-state index contributed by atoms with van der Waals surface area (Å²) < 4.78 is 22.8. The standard InChI is InChI=1S/C16H18O3S/c1-11-4-9-15(12(2)10-11)16(17)13-5-7-14(8-6-13)20(3,18)19/h4-10,16-17H,1-3H3. The molecule has 1 unspecified atom stereocenters. The molecule has 4 heteroatoms. The van der Waals surface area contributed by atoms with Crippen molar-refractivity contribution in [2.45, 2.75) is 24.8 Å². The average molecular weight is 290 g/mol. The van der Waals surface area contributed by atoms with Crippen molar-refractivity contribution in [3.63, 3.8) is 0 Å². The smallest absolute Gasteiger partial charge is 0.175 e. The second-order valence-corrected chi connectivity index (χ2v) is 7.12. The maximum atomic E-state index is 11.4. The van der Waals surface area contributed by atoms with Crippen LogP contribution in [0.2, 0.25) is 0 Å². The lowest BCUT2D eigenvalue weighted by Gasteiger charge is -2.15. The van der Waals surface area contributed by atoms with Crippen molar-refractivity contribution in [2.24, 2.45) is 0 Å². The number of sulfone groups is 1. The highest BCUT2D eigenvalue weighted by Crippen LogP contribution is 2.26. The van der Waals surface area contributed by atoms with Crippen molar-refractivity contribution in [3.8, 4) is 0 Å². The molecule has 0 saturated carbocycles. The van der Waals surface area contributed by atoms with Crippen molar-refractivity contribution >= 4 is 9.84 Å². The minimum absolute atomic E-state index is 0.258. The van der Waals surface area contributed by atoms with Crippen LogP contribution < -0.4 is 0 Å². The fourth-order valence-corrected chi connectivity index (χ4v) is 2.84. The van der Waals surface area contributed by atoms with Gasteiger partial charge in [0, 0.05) is 6.26 Å².